The second kappa shape index (κ2) is 7.32. The number of benzene rings is 2. The molecule has 1 heterocycles. The predicted octanol–water partition coefficient (Wildman–Crippen LogP) is 7.27. The zero-order valence-electron chi connectivity index (χ0n) is 15.3. The van der Waals surface area contributed by atoms with Crippen LogP contribution in [-0.2, 0) is 22.8 Å². The van der Waals surface area contributed by atoms with E-state index in [1.54, 1.807) is 6.92 Å². The van der Waals surface area contributed by atoms with Crippen molar-refractivity contribution < 1.29 is 44.4 Å². The molecule has 0 aromatic heterocycles. The normalized spacial score (nSPS) is 19.9. The van der Waals surface area contributed by atoms with Gasteiger partial charge in [0, 0.05) is 22.6 Å². The number of hydrogen-bond donors (Lipinski definition) is 0. The molecule has 1 aliphatic rings. The summed E-state index contributed by atoms with van der Waals surface area (Å²) >= 11 is 5.94. The highest BCUT2D eigenvalue weighted by Crippen LogP contribution is 2.51. The molecule has 0 saturated heterocycles. The van der Waals surface area contributed by atoms with Gasteiger partial charge in [-0.2, -0.15) is 39.5 Å². The molecule has 0 bridgehead atoms. The molecule has 31 heavy (non-hydrogen) atoms. The highest BCUT2D eigenvalue weighted by atomic mass is 35.5. The Kier molecular flexibility index (Phi) is 5.49. The highest BCUT2D eigenvalue weighted by molar-refractivity contribution is 6.31. The molecule has 0 fully saturated rings. The lowest BCUT2D eigenvalue weighted by atomic mass is 9.84. The number of halogens is 10. The summed E-state index contributed by atoms with van der Waals surface area (Å²) in [6.07, 6.45) is -17.2. The lowest BCUT2D eigenvalue weighted by Crippen LogP contribution is -2.43. The zero-order valence-corrected chi connectivity index (χ0v) is 16.1. The van der Waals surface area contributed by atoms with Crippen LogP contribution in [0.2, 0.25) is 5.02 Å². The summed E-state index contributed by atoms with van der Waals surface area (Å²) in [4.78, 5) is 4.55. The second-order valence-electron chi connectivity index (χ2n) is 6.89. The van der Waals surface area contributed by atoms with Crippen LogP contribution < -0.4 is 0 Å². The van der Waals surface area contributed by atoms with Crippen LogP contribution >= 0.6 is 11.6 Å². The Labute approximate surface area is 174 Å². The number of nitrogens with zero attached hydrogens (tertiary/aromatic N) is 1. The van der Waals surface area contributed by atoms with Crippen LogP contribution in [0.3, 0.4) is 0 Å². The summed E-state index contributed by atoms with van der Waals surface area (Å²) in [7, 11) is 0. The molecule has 2 aromatic carbocycles. The Balaban J connectivity index is 2.16. The van der Waals surface area contributed by atoms with Gasteiger partial charge in [0.25, 0.3) is 5.60 Å². The molecule has 168 valence electrons. The summed E-state index contributed by atoms with van der Waals surface area (Å²) in [5.41, 5.74) is -8.33. The first-order valence-corrected chi connectivity index (χ1v) is 8.81. The maximum Gasteiger partial charge on any atom is 0.435 e. The van der Waals surface area contributed by atoms with E-state index in [1.165, 1.54) is 18.2 Å². The van der Waals surface area contributed by atoms with Crippen LogP contribution in [-0.4, -0.2) is 11.9 Å². The summed E-state index contributed by atoms with van der Waals surface area (Å²) in [6.45, 7) is 1.63. The summed E-state index contributed by atoms with van der Waals surface area (Å²) in [5, 5.41) is 3.52. The van der Waals surface area contributed by atoms with Gasteiger partial charge in [-0.3, -0.25) is 0 Å². The SMILES string of the molecule is Cc1ccc(C2=NOC(c3cc(C(F)(F)F)cc(C(F)(F)F)c3)(C(F)(F)F)C2)cc1Cl. The van der Waals surface area contributed by atoms with E-state index in [-0.39, 0.29) is 34.5 Å². The van der Waals surface area contributed by atoms with Gasteiger partial charge in [-0.15, -0.1) is 0 Å². The Morgan fingerprint density at radius 2 is 1.42 bits per heavy atom. The van der Waals surface area contributed by atoms with E-state index in [0.717, 1.165) is 0 Å². The minimum Gasteiger partial charge on any atom is -0.374 e. The Bertz CT molecular complexity index is 1010. The van der Waals surface area contributed by atoms with Crippen molar-refractivity contribution in [1.82, 2.24) is 0 Å². The minimum atomic E-state index is -5.39. The van der Waals surface area contributed by atoms with Crippen LogP contribution in [0, 0.1) is 6.92 Å². The summed E-state index contributed by atoms with van der Waals surface area (Å²) < 4.78 is 121. The second-order valence-corrected chi connectivity index (χ2v) is 7.30. The largest absolute Gasteiger partial charge is 0.435 e. The van der Waals surface area contributed by atoms with Crippen LogP contribution in [0.1, 0.15) is 34.2 Å². The maximum absolute atomic E-state index is 14.0. The lowest BCUT2D eigenvalue weighted by molar-refractivity contribution is -0.276. The molecular formula is C19H11ClF9NO. The third-order valence-corrected chi connectivity index (χ3v) is 5.15. The van der Waals surface area contributed by atoms with Gasteiger partial charge >= 0.3 is 18.5 Å². The Morgan fingerprint density at radius 3 is 1.87 bits per heavy atom. The van der Waals surface area contributed by atoms with Crippen molar-refractivity contribution in [3.05, 3.63) is 69.2 Å². The predicted molar refractivity (Wildman–Crippen MR) is 92.6 cm³/mol. The van der Waals surface area contributed by atoms with Crippen molar-refractivity contribution in [3.63, 3.8) is 0 Å². The third-order valence-electron chi connectivity index (χ3n) is 4.75. The molecule has 0 radical (unpaired) electrons. The molecule has 2 aromatic rings. The average molecular weight is 476 g/mol. The molecule has 1 aliphatic heterocycles. The average Bonchev–Trinajstić information content (AvgIpc) is 3.09. The minimum absolute atomic E-state index is 0.0106. The van der Waals surface area contributed by atoms with Crippen LogP contribution in [0.4, 0.5) is 39.5 Å². The van der Waals surface area contributed by atoms with E-state index in [0.29, 0.717) is 5.56 Å². The number of oxime groups is 1. The zero-order chi connectivity index (χ0) is 23.4. The fourth-order valence-corrected chi connectivity index (χ4v) is 3.20. The van der Waals surface area contributed by atoms with E-state index < -0.39 is 47.2 Å². The topological polar surface area (TPSA) is 21.6 Å². The number of hydrogen-bond acceptors (Lipinski definition) is 2. The molecule has 0 saturated carbocycles. The first kappa shape index (κ1) is 23.2. The van der Waals surface area contributed by atoms with Crippen molar-refractivity contribution in [3.8, 4) is 0 Å². The standard InChI is InChI=1S/C19H11ClF9NO/c1-9-2-3-10(4-14(9)20)15-8-16(31-30-15,19(27,28)29)11-5-12(17(21,22)23)7-13(6-11)18(24,25)26/h2-7H,8H2,1H3. The van der Waals surface area contributed by atoms with E-state index in [9.17, 15) is 39.5 Å². The smallest absolute Gasteiger partial charge is 0.374 e. The van der Waals surface area contributed by atoms with Gasteiger partial charge in [0.2, 0.25) is 0 Å². The van der Waals surface area contributed by atoms with E-state index >= 15 is 0 Å². The van der Waals surface area contributed by atoms with Gasteiger partial charge in [-0.1, -0.05) is 28.9 Å². The Morgan fingerprint density at radius 1 is 0.871 bits per heavy atom. The van der Waals surface area contributed by atoms with Gasteiger partial charge in [0.15, 0.2) is 0 Å². The van der Waals surface area contributed by atoms with Crippen molar-refractivity contribution >= 4 is 17.3 Å². The molecule has 1 atom stereocenters. The van der Waals surface area contributed by atoms with E-state index in [1.807, 2.05) is 0 Å². The first-order chi connectivity index (χ1) is 14.0. The van der Waals surface area contributed by atoms with Gasteiger partial charge in [0.1, 0.15) is 0 Å². The lowest BCUT2D eigenvalue weighted by Gasteiger charge is -2.30. The fraction of sp³-hybridized carbons (Fsp3) is 0.316. The summed E-state index contributed by atoms with van der Waals surface area (Å²) in [5.74, 6) is 0. The molecule has 0 amide bonds. The van der Waals surface area contributed by atoms with Gasteiger partial charge in [-0.05, 0) is 36.8 Å². The molecule has 2 nitrogen and oxygen atoms in total. The van der Waals surface area contributed by atoms with E-state index in [4.69, 9.17) is 11.6 Å². The van der Waals surface area contributed by atoms with E-state index in [2.05, 4.69) is 9.99 Å². The van der Waals surface area contributed by atoms with Gasteiger partial charge in [-0.25, -0.2) is 0 Å². The quantitative estimate of drug-likeness (QED) is 0.419. The third kappa shape index (κ3) is 4.32. The van der Waals surface area contributed by atoms with Crippen molar-refractivity contribution in [2.45, 2.75) is 37.5 Å². The fourth-order valence-electron chi connectivity index (χ4n) is 3.02. The Hall–Kier alpha value is -2.43. The molecule has 12 heteroatoms. The van der Waals surface area contributed by atoms with Crippen LogP contribution in [0.5, 0.6) is 0 Å². The van der Waals surface area contributed by atoms with Crippen LogP contribution in [0.15, 0.2) is 41.6 Å². The molecule has 3 rings (SSSR count). The van der Waals surface area contributed by atoms with Gasteiger partial charge in [0.05, 0.1) is 16.8 Å². The number of aryl methyl sites for hydroxylation is 1. The number of alkyl halides is 9. The summed E-state index contributed by atoms with van der Waals surface area (Å²) in [6, 6.07) is 3.83. The molecule has 0 aliphatic carbocycles. The maximum atomic E-state index is 14.0. The monoisotopic (exact) mass is 475 g/mol. The molecule has 0 spiro atoms. The molecule has 1 unspecified atom stereocenters. The van der Waals surface area contributed by atoms with Crippen molar-refractivity contribution in [1.29, 1.82) is 0 Å². The van der Waals surface area contributed by atoms with Crippen molar-refractivity contribution in [2.75, 3.05) is 0 Å². The highest BCUT2D eigenvalue weighted by Gasteiger charge is 2.63. The first-order valence-electron chi connectivity index (χ1n) is 8.43. The van der Waals surface area contributed by atoms with Crippen molar-refractivity contribution in [2.24, 2.45) is 5.16 Å². The molecule has 0 N–H and O–H groups in total. The van der Waals surface area contributed by atoms with Crippen LogP contribution in [0.25, 0.3) is 0 Å². The number of rotatable bonds is 2. The van der Waals surface area contributed by atoms with Gasteiger partial charge < -0.3 is 4.84 Å². The molecular weight excluding hydrogens is 465 g/mol.